The lowest BCUT2D eigenvalue weighted by atomic mass is 10.3. The van der Waals surface area contributed by atoms with E-state index in [1.807, 2.05) is 6.92 Å². The van der Waals surface area contributed by atoms with E-state index in [0.29, 0.717) is 17.1 Å². The zero-order valence-electron chi connectivity index (χ0n) is 6.77. The summed E-state index contributed by atoms with van der Waals surface area (Å²) in [6.07, 6.45) is 0.706. The Kier molecular flexibility index (Phi) is 3.12. The van der Waals surface area contributed by atoms with E-state index in [9.17, 15) is 0 Å². The number of aromatic nitrogens is 2. The van der Waals surface area contributed by atoms with Crippen LogP contribution in [-0.4, -0.2) is 17.1 Å². The predicted octanol–water partition coefficient (Wildman–Crippen LogP) is 2.35. The first kappa shape index (κ1) is 9.55. The van der Waals surface area contributed by atoms with E-state index in [2.05, 4.69) is 9.97 Å². The molecule has 0 unspecified atom stereocenters. The lowest BCUT2D eigenvalue weighted by Gasteiger charge is -2.03. The minimum atomic E-state index is 0.236. The van der Waals surface area contributed by atoms with Gasteiger partial charge in [-0.15, -0.1) is 0 Å². The number of aryl methyl sites for hydroxylation is 1. The third-order valence-corrected chi connectivity index (χ3v) is 2.14. The number of rotatable bonds is 2. The predicted molar refractivity (Wildman–Crippen MR) is 48.0 cm³/mol. The van der Waals surface area contributed by atoms with Crippen LogP contribution in [0.5, 0.6) is 6.01 Å². The highest BCUT2D eigenvalue weighted by Crippen LogP contribution is 2.24. The first-order valence-corrected chi connectivity index (χ1v) is 4.20. The number of halogens is 2. The molecule has 0 spiro atoms. The summed E-state index contributed by atoms with van der Waals surface area (Å²) >= 11 is 11.5. The summed E-state index contributed by atoms with van der Waals surface area (Å²) in [7, 11) is 1.49. The lowest BCUT2D eigenvalue weighted by Crippen LogP contribution is -1.97. The minimum Gasteiger partial charge on any atom is -0.467 e. The Morgan fingerprint density at radius 3 is 2.50 bits per heavy atom. The zero-order valence-corrected chi connectivity index (χ0v) is 8.28. The third kappa shape index (κ3) is 1.79. The molecule has 0 saturated heterocycles. The van der Waals surface area contributed by atoms with Gasteiger partial charge in [0, 0.05) is 0 Å². The van der Waals surface area contributed by atoms with Gasteiger partial charge in [-0.25, -0.2) is 0 Å². The number of hydrogen-bond acceptors (Lipinski definition) is 3. The molecule has 1 aromatic heterocycles. The highest BCUT2D eigenvalue weighted by atomic mass is 35.5. The fourth-order valence-corrected chi connectivity index (χ4v) is 1.17. The first-order valence-electron chi connectivity index (χ1n) is 3.45. The third-order valence-electron chi connectivity index (χ3n) is 1.38. The maximum absolute atomic E-state index is 5.81. The maximum Gasteiger partial charge on any atom is 0.317 e. The number of hydrogen-bond donors (Lipinski definition) is 0. The van der Waals surface area contributed by atoms with Gasteiger partial charge in [-0.3, -0.25) is 0 Å². The quantitative estimate of drug-likeness (QED) is 0.698. The first-order chi connectivity index (χ1) is 5.69. The van der Waals surface area contributed by atoms with E-state index in [1.54, 1.807) is 0 Å². The van der Waals surface area contributed by atoms with Crippen LogP contribution in [0.2, 0.25) is 10.2 Å². The van der Waals surface area contributed by atoms with Gasteiger partial charge in [0.2, 0.25) is 0 Å². The Balaban J connectivity index is 3.19. The topological polar surface area (TPSA) is 35.0 Å². The van der Waals surface area contributed by atoms with Gasteiger partial charge in [0.05, 0.1) is 17.8 Å². The second-order valence-electron chi connectivity index (χ2n) is 2.12. The molecule has 0 radical (unpaired) electrons. The normalized spacial score (nSPS) is 10.0. The fourth-order valence-electron chi connectivity index (χ4n) is 0.767. The molecular weight excluding hydrogens is 199 g/mol. The van der Waals surface area contributed by atoms with Crippen molar-refractivity contribution in [3.63, 3.8) is 0 Å². The maximum atomic E-state index is 5.81. The summed E-state index contributed by atoms with van der Waals surface area (Å²) in [6.45, 7) is 1.93. The van der Waals surface area contributed by atoms with Crippen LogP contribution >= 0.6 is 23.2 Å². The lowest BCUT2D eigenvalue weighted by molar-refractivity contribution is 0.378. The van der Waals surface area contributed by atoms with Crippen molar-refractivity contribution in [3.05, 3.63) is 15.9 Å². The molecule has 0 N–H and O–H groups in total. The standard InChI is InChI=1S/C7H8Cl2N2O/c1-3-4-5(8)6(9)11-7(10-4)12-2/h3H2,1-2H3. The summed E-state index contributed by atoms with van der Waals surface area (Å²) in [5.74, 6) is 0. The van der Waals surface area contributed by atoms with Crippen molar-refractivity contribution in [1.82, 2.24) is 9.97 Å². The Morgan fingerprint density at radius 1 is 1.33 bits per heavy atom. The largest absolute Gasteiger partial charge is 0.467 e. The van der Waals surface area contributed by atoms with Crippen molar-refractivity contribution in [2.45, 2.75) is 13.3 Å². The van der Waals surface area contributed by atoms with Crippen LogP contribution in [-0.2, 0) is 6.42 Å². The fraction of sp³-hybridized carbons (Fsp3) is 0.429. The van der Waals surface area contributed by atoms with Crippen molar-refractivity contribution in [2.75, 3.05) is 7.11 Å². The average Bonchev–Trinajstić information content (AvgIpc) is 2.09. The van der Waals surface area contributed by atoms with Crippen molar-refractivity contribution in [1.29, 1.82) is 0 Å². The van der Waals surface area contributed by atoms with Crippen LogP contribution in [0, 0.1) is 0 Å². The van der Waals surface area contributed by atoms with Crippen LogP contribution < -0.4 is 4.74 Å². The summed E-state index contributed by atoms with van der Waals surface area (Å²) in [4.78, 5) is 7.82. The van der Waals surface area contributed by atoms with Gasteiger partial charge < -0.3 is 4.74 Å². The van der Waals surface area contributed by atoms with Crippen LogP contribution in [0.4, 0.5) is 0 Å². The molecule has 3 nitrogen and oxygen atoms in total. The van der Waals surface area contributed by atoms with Gasteiger partial charge in [-0.1, -0.05) is 30.1 Å². The van der Waals surface area contributed by atoms with Crippen molar-refractivity contribution in [2.24, 2.45) is 0 Å². The van der Waals surface area contributed by atoms with Crippen LogP contribution in [0.15, 0.2) is 0 Å². The van der Waals surface area contributed by atoms with E-state index < -0.39 is 0 Å². The molecule has 1 rings (SSSR count). The highest BCUT2D eigenvalue weighted by molar-refractivity contribution is 6.41. The molecule has 0 aliphatic carbocycles. The Hall–Kier alpha value is -0.540. The molecule has 0 aromatic carbocycles. The molecular formula is C7H8Cl2N2O. The molecule has 5 heteroatoms. The van der Waals surface area contributed by atoms with Crippen LogP contribution in [0.1, 0.15) is 12.6 Å². The molecule has 0 bridgehead atoms. The van der Waals surface area contributed by atoms with E-state index >= 15 is 0 Å². The molecule has 1 aromatic rings. The second kappa shape index (κ2) is 3.92. The van der Waals surface area contributed by atoms with Crippen molar-refractivity contribution in [3.8, 4) is 6.01 Å². The van der Waals surface area contributed by atoms with E-state index in [4.69, 9.17) is 27.9 Å². The number of methoxy groups -OCH3 is 1. The summed E-state index contributed by atoms with van der Waals surface area (Å²) < 4.78 is 4.83. The minimum absolute atomic E-state index is 0.236. The molecule has 0 fully saturated rings. The monoisotopic (exact) mass is 206 g/mol. The number of nitrogens with zero attached hydrogens (tertiary/aromatic N) is 2. The molecule has 12 heavy (non-hydrogen) atoms. The van der Waals surface area contributed by atoms with E-state index in [0.717, 1.165) is 0 Å². The second-order valence-corrected chi connectivity index (χ2v) is 2.85. The van der Waals surface area contributed by atoms with Gasteiger partial charge in [0.25, 0.3) is 0 Å². The van der Waals surface area contributed by atoms with Gasteiger partial charge >= 0.3 is 6.01 Å². The number of ether oxygens (including phenoxy) is 1. The molecule has 0 aliphatic heterocycles. The Bertz CT molecular complexity index is 291. The summed E-state index contributed by atoms with van der Waals surface area (Å²) in [5.41, 5.74) is 0.702. The average molecular weight is 207 g/mol. The smallest absolute Gasteiger partial charge is 0.317 e. The molecule has 0 saturated carbocycles. The molecule has 1 heterocycles. The van der Waals surface area contributed by atoms with Gasteiger partial charge in [-0.2, -0.15) is 9.97 Å². The van der Waals surface area contributed by atoms with Crippen LogP contribution in [0.25, 0.3) is 0 Å². The van der Waals surface area contributed by atoms with E-state index in [-0.39, 0.29) is 11.2 Å². The van der Waals surface area contributed by atoms with Gasteiger partial charge in [-0.05, 0) is 6.42 Å². The van der Waals surface area contributed by atoms with Gasteiger partial charge in [0.15, 0.2) is 5.15 Å². The van der Waals surface area contributed by atoms with Crippen molar-refractivity contribution >= 4 is 23.2 Å². The molecule has 66 valence electrons. The molecule has 0 amide bonds. The van der Waals surface area contributed by atoms with E-state index in [1.165, 1.54) is 7.11 Å². The van der Waals surface area contributed by atoms with Crippen LogP contribution in [0.3, 0.4) is 0 Å². The van der Waals surface area contributed by atoms with Gasteiger partial charge in [0.1, 0.15) is 0 Å². The van der Waals surface area contributed by atoms with Crippen molar-refractivity contribution < 1.29 is 4.74 Å². The summed E-state index contributed by atoms with van der Waals surface area (Å²) in [6, 6.07) is 0.251. The molecule has 0 atom stereocenters. The SMILES string of the molecule is CCc1nc(OC)nc(Cl)c1Cl. The zero-order chi connectivity index (χ0) is 9.14. The summed E-state index contributed by atoms with van der Waals surface area (Å²) in [5, 5.41) is 0.639. The molecule has 0 aliphatic rings. The highest BCUT2D eigenvalue weighted by Gasteiger charge is 2.09. The Morgan fingerprint density at radius 2 is 2.00 bits per heavy atom. The Labute approximate surface area is 80.7 Å².